The van der Waals surface area contributed by atoms with Gasteiger partial charge in [0.15, 0.2) is 11.5 Å². The monoisotopic (exact) mass is 342 g/mol. The summed E-state index contributed by atoms with van der Waals surface area (Å²) < 4.78 is 10.9. The summed E-state index contributed by atoms with van der Waals surface area (Å²) in [6, 6.07) is 8.16. The van der Waals surface area contributed by atoms with Crippen LogP contribution in [0.25, 0.3) is 0 Å². The Balaban J connectivity index is 1.81. The molecule has 1 aliphatic carbocycles. The molecule has 0 aromatic heterocycles. The normalized spacial score (nSPS) is 23.2. The molecule has 2 unspecified atom stereocenters. The van der Waals surface area contributed by atoms with E-state index < -0.39 is 0 Å². The lowest BCUT2D eigenvalue weighted by Gasteiger charge is -2.24. The Morgan fingerprint density at radius 3 is 2.92 bits per heavy atom. The van der Waals surface area contributed by atoms with Crippen LogP contribution >= 0.6 is 11.8 Å². The van der Waals surface area contributed by atoms with Crippen LogP contribution in [-0.2, 0) is 0 Å². The molecular weight excluding hydrogens is 320 g/mol. The number of thioether (sulfide) groups is 1. The van der Waals surface area contributed by atoms with Gasteiger partial charge in [-0.1, -0.05) is 12.8 Å². The Labute approximate surface area is 147 Å². The molecule has 0 N–H and O–H groups in total. The van der Waals surface area contributed by atoms with Crippen molar-refractivity contribution in [1.29, 1.82) is 5.26 Å². The fourth-order valence-corrected chi connectivity index (χ4v) is 4.78. The van der Waals surface area contributed by atoms with Crippen LogP contribution in [0.2, 0.25) is 0 Å². The smallest absolute Gasteiger partial charge is 0.161 e. The van der Waals surface area contributed by atoms with Gasteiger partial charge in [0.1, 0.15) is 5.03 Å². The number of aliphatic imine (C=N–C) groups is 1. The van der Waals surface area contributed by atoms with Crippen LogP contribution in [0.4, 0.5) is 0 Å². The molecule has 4 nitrogen and oxygen atoms in total. The second-order valence-electron chi connectivity index (χ2n) is 5.98. The Morgan fingerprint density at radius 1 is 1.33 bits per heavy atom. The van der Waals surface area contributed by atoms with Gasteiger partial charge in [0.25, 0.3) is 0 Å². The SMILES string of the molecule is CCOc1ccc(/C=N/C2=C(C#N)C3CCCCC3S2)cc1OC. The molecule has 0 bridgehead atoms. The Kier molecular flexibility index (Phi) is 5.47. The minimum Gasteiger partial charge on any atom is -0.493 e. The lowest BCUT2D eigenvalue weighted by atomic mass is 9.84. The first kappa shape index (κ1) is 16.9. The van der Waals surface area contributed by atoms with E-state index in [0.29, 0.717) is 23.5 Å². The van der Waals surface area contributed by atoms with Gasteiger partial charge in [-0.2, -0.15) is 5.26 Å². The van der Waals surface area contributed by atoms with E-state index in [4.69, 9.17) is 9.47 Å². The Morgan fingerprint density at radius 2 is 2.17 bits per heavy atom. The highest BCUT2D eigenvalue weighted by Crippen LogP contribution is 2.49. The maximum Gasteiger partial charge on any atom is 0.161 e. The largest absolute Gasteiger partial charge is 0.493 e. The minimum absolute atomic E-state index is 0.399. The molecule has 1 saturated carbocycles. The first-order valence-corrected chi connectivity index (χ1v) is 9.30. The van der Waals surface area contributed by atoms with Gasteiger partial charge in [0.05, 0.1) is 25.4 Å². The van der Waals surface area contributed by atoms with Gasteiger partial charge in [-0.3, -0.25) is 0 Å². The average Bonchev–Trinajstić information content (AvgIpc) is 2.98. The van der Waals surface area contributed by atoms with Crippen LogP contribution in [-0.4, -0.2) is 25.2 Å². The highest BCUT2D eigenvalue weighted by atomic mass is 32.2. The third-order valence-electron chi connectivity index (χ3n) is 4.51. The number of rotatable bonds is 5. The molecule has 0 radical (unpaired) electrons. The molecule has 1 fully saturated rings. The predicted molar refractivity (Wildman–Crippen MR) is 97.7 cm³/mol. The maximum absolute atomic E-state index is 9.52. The van der Waals surface area contributed by atoms with Crippen LogP contribution in [0.3, 0.4) is 0 Å². The molecule has 5 heteroatoms. The number of ether oxygens (including phenoxy) is 2. The van der Waals surface area contributed by atoms with E-state index in [1.165, 1.54) is 19.3 Å². The predicted octanol–water partition coefficient (Wildman–Crippen LogP) is 4.55. The summed E-state index contributed by atoms with van der Waals surface area (Å²) in [6.07, 6.45) is 6.61. The number of allylic oxidation sites excluding steroid dienone is 1. The van der Waals surface area contributed by atoms with Crippen molar-refractivity contribution in [3.63, 3.8) is 0 Å². The molecule has 0 spiro atoms. The first-order chi connectivity index (χ1) is 11.8. The number of nitriles is 1. The second-order valence-corrected chi connectivity index (χ2v) is 7.21. The third-order valence-corrected chi connectivity index (χ3v) is 5.92. The molecular formula is C19H22N2O2S. The Hall–Kier alpha value is -1.93. The summed E-state index contributed by atoms with van der Waals surface area (Å²) >= 11 is 1.77. The topological polar surface area (TPSA) is 54.6 Å². The molecule has 2 aliphatic rings. The van der Waals surface area contributed by atoms with Crippen LogP contribution in [0.15, 0.2) is 33.8 Å². The summed E-state index contributed by atoms with van der Waals surface area (Å²) in [5.74, 6) is 1.83. The highest BCUT2D eigenvalue weighted by Gasteiger charge is 2.37. The molecule has 24 heavy (non-hydrogen) atoms. The van der Waals surface area contributed by atoms with E-state index in [2.05, 4.69) is 11.1 Å². The van der Waals surface area contributed by atoms with Crippen molar-refractivity contribution in [2.24, 2.45) is 10.9 Å². The minimum atomic E-state index is 0.399. The molecule has 0 saturated heterocycles. The summed E-state index contributed by atoms with van der Waals surface area (Å²) in [5.41, 5.74) is 1.81. The molecule has 2 atom stereocenters. The molecule has 3 rings (SSSR count). The van der Waals surface area contributed by atoms with Gasteiger partial charge >= 0.3 is 0 Å². The Bertz CT molecular complexity index is 706. The number of benzene rings is 1. The lowest BCUT2D eigenvalue weighted by molar-refractivity contribution is 0.311. The fourth-order valence-electron chi connectivity index (χ4n) is 3.34. The van der Waals surface area contributed by atoms with E-state index in [1.54, 1.807) is 18.9 Å². The van der Waals surface area contributed by atoms with E-state index in [1.807, 2.05) is 31.3 Å². The summed E-state index contributed by atoms with van der Waals surface area (Å²) in [4.78, 5) is 4.62. The van der Waals surface area contributed by atoms with Gasteiger partial charge in [-0.05, 0) is 43.5 Å². The number of methoxy groups -OCH3 is 1. The zero-order valence-corrected chi connectivity index (χ0v) is 14.9. The third kappa shape index (κ3) is 3.44. The van der Waals surface area contributed by atoms with Crippen LogP contribution < -0.4 is 9.47 Å². The second kappa shape index (κ2) is 7.76. The quantitative estimate of drug-likeness (QED) is 0.736. The number of nitrogens with zero attached hydrogens (tertiary/aromatic N) is 2. The number of hydrogen-bond acceptors (Lipinski definition) is 5. The molecule has 1 aromatic carbocycles. The number of hydrogen-bond donors (Lipinski definition) is 0. The standard InChI is InChI=1S/C19H22N2O2S/c1-3-23-16-9-8-13(10-17(16)22-2)12-21-19-15(11-20)14-6-4-5-7-18(14)24-19/h8-10,12,14,18H,3-7H2,1-2H3/b21-12+. The van der Waals surface area contributed by atoms with Gasteiger partial charge in [-0.25, -0.2) is 4.99 Å². The average molecular weight is 342 g/mol. The maximum atomic E-state index is 9.52. The highest BCUT2D eigenvalue weighted by molar-refractivity contribution is 8.04. The van der Waals surface area contributed by atoms with E-state index >= 15 is 0 Å². The number of fused-ring (bicyclic) bond motifs is 1. The fraction of sp³-hybridized carbons (Fsp3) is 0.474. The van der Waals surface area contributed by atoms with Crippen molar-refractivity contribution in [1.82, 2.24) is 0 Å². The van der Waals surface area contributed by atoms with Gasteiger partial charge < -0.3 is 9.47 Å². The van der Waals surface area contributed by atoms with Crippen molar-refractivity contribution in [2.75, 3.05) is 13.7 Å². The van der Waals surface area contributed by atoms with Gasteiger partial charge in [0.2, 0.25) is 0 Å². The zero-order chi connectivity index (χ0) is 16.9. The van der Waals surface area contributed by atoms with Crippen molar-refractivity contribution in [2.45, 2.75) is 37.9 Å². The van der Waals surface area contributed by atoms with Gasteiger partial charge in [0, 0.05) is 17.4 Å². The van der Waals surface area contributed by atoms with Crippen LogP contribution in [0.1, 0.15) is 38.2 Å². The van der Waals surface area contributed by atoms with Crippen LogP contribution in [0.5, 0.6) is 11.5 Å². The zero-order valence-electron chi connectivity index (χ0n) is 14.1. The van der Waals surface area contributed by atoms with E-state index in [0.717, 1.165) is 28.3 Å². The molecule has 0 amide bonds. The molecule has 1 heterocycles. The van der Waals surface area contributed by atoms with E-state index in [-0.39, 0.29) is 0 Å². The summed E-state index contributed by atoms with van der Waals surface area (Å²) in [6.45, 7) is 2.54. The van der Waals surface area contributed by atoms with Crippen LogP contribution in [0, 0.1) is 17.2 Å². The van der Waals surface area contributed by atoms with Crippen molar-refractivity contribution >= 4 is 18.0 Å². The van der Waals surface area contributed by atoms with Gasteiger partial charge in [-0.15, -0.1) is 11.8 Å². The lowest BCUT2D eigenvalue weighted by Crippen LogP contribution is -2.18. The molecule has 126 valence electrons. The first-order valence-electron chi connectivity index (χ1n) is 8.42. The van der Waals surface area contributed by atoms with Crippen molar-refractivity contribution in [3.8, 4) is 17.6 Å². The van der Waals surface area contributed by atoms with E-state index in [9.17, 15) is 5.26 Å². The summed E-state index contributed by atoms with van der Waals surface area (Å²) in [7, 11) is 1.63. The van der Waals surface area contributed by atoms with Crippen molar-refractivity contribution < 1.29 is 9.47 Å². The molecule has 1 aromatic rings. The summed E-state index contributed by atoms with van der Waals surface area (Å²) in [5, 5.41) is 10.9. The van der Waals surface area contributed by atoms with Crippen molar-refractivity contribution in [3.05, 3.63) is 34.4 Å². The molecule has 1 aliphatic heterocycles.